The molecule has 0 fully saturated rings. The van der Waals surface area contributed by atoms with Gasteiger partial charge in [0.25, 0.3) is 0 Å². The van der Waals surface area contributed by atoms with Crippen LogP contribution in [-0.2, 0) is 10.3 Å². The van der Waals surface area contributed by atoms with Crippen LogP contribution in [0.5, 0.6) is 0 Å². The molecule has 0 saturated carbocycles. The van der Waals surface area contributed by atoms with E-state index in [1.165, 1.54) is 0 Å². The van der Waals surface area contributed by atoms with Crippen LogP contribution >= 0.6 is 0 Å². The van der Waals surface area contributed by atoms with Gasteiger partial charge in [-0.05, 0) is 54.8 Å². The quantitative estimate of drug-likeness (QED) is 0.176. The van der Waals surface area contributed by atoms with Crippen molar-refractivity contribution in [3.05, 3.63) is 156 Å². The lowest BCUT2D eigenvalue weighted by molar-refractivity contribution is 0.154. The van der Waals surface area contributed by atoms with Crippen LogP contribution in [0.15, 0.2) is 133 Å². The molecule has 5 rings (SSSR count). The van der Waals surface area contributed by atoms with Crippen LogP contribution in [0.1, 0.15) is 36.1 Å². The van der Waals surface area contributed by atoms with Crippen molar-refractivity contribution in [2.75, 3.05) is 5.73 Å². The summed E-state index contributed by atoms with van der Waals surface area (Å²) in [5.74, 6) is 0.827. The van der Waals surface area contributed by atoms with E-state index in [9.17, 15) is 5.41 Å². The fourth-order valence-corrected chi connectivity index (χ4v) is 5.28. The van der Waals surface area contributed by atoms with Gasteiger partial charge in [0.15, 0.2) is 0 Å². The maximum Gasteiger partial charge on any atom is 0.123 e. The standard InChI is InChI=1S/C34H34N4O/c1-24(2)39-29-18-19-31(30(23-29)33(36)25-20-21-37-32(35)22-25)38-34(26-12-6-3-7-13-26,27-14-8-4-9-15-27)28-16-10-5-11-17-28/h3-24,30-31,36,38H,1-2H3,(H2,35,37). The molecule has 0 bridgehead atoms. The van der Waals surface area contributed by atoms with Crippen molar-refractivity contribution in [1.29, 1.82) is 5.41 Å². The SMILES string of the molecule is CC(C)OC1=CC(C(=N)c2ccnc(N)c2)C(NC(c2ccccc2)(c2ccccc2)c2ccccc2)C=C1. The average Bonchev–Trinajstić information content (AvgIpc) is 2.97. The second-order valence-electron chi connectivity index (χ2n) is 10.0. The molecule has 1 heterocycles. The third kappa shape index (κ3) is 5.54. The van der Waals surface area contributed by atoms with Crippen LogP contribution in [0.25, 0.3) is 0 Å². The molecule has 4 aromatic rings. The van der Waals surface area contributed by atoms with E-state index in [1.807, 2.05) is 50.3 Å². The Morgan fingerprint density at radius 1 is 0.872 bits per heavy atom. The molecule has 4 N–H and O–H groups in total. The molecule has 5 nitrogen and oxygen atoms in total. The van der Waals surface area contributed by atoms with E-state index in [0.717, 1.165) is 28.0 Å². The van der Waals surface area contributed by atoms with Gasteiger partial charge in [0.1, 0.15) is 11.6 Å². The van der Waals surface area contributed by atoms with Gasteiger partial charge in [-0.15, -0.1) is 0 Å². The first kappa shape index (κ1) is 26.1. The second-order valence-corrected chi connectivity index (χ2v) is 10.0. The lowest BCUT2D eigenvalue weighted by atomic mass is 9.75. The molecule has 0 saturated heterocycles. The van der Waals surface area contributed by atoms with Gasteiger partial charge in [-0.1, -0.05) is 97.1 Å². The third-order valence-electron chi connectivity index (χ3n) is 7.00. The summed E-state index contributed by atoms with van der Waals surface area (Å²) in [7, 11) is 0. The first-order valence-corrected chi connectivity index (χ1v) is 13.3. The van der Waals surface area contributed by atoms with E-state index in [2.05, 4.69) is 89.2 Å². The van der Waals surface area contributed by atoms with Crippen molar-refractivity contribution in [3.63, 3.8) is 0 Å². The fourth-order valence-electron chi connectivity index (χ4n) is 5.28. The van der Waals surface area contributed by atoms with Gasteiger partial charge >= 0.3 is 0 Å². The Bertz CT molecular complexity index is 1370. The fraction of sp³-hybridized carbons (Fsp3) is 0.176. The van der Waals surface area contributed by atoms with Crippen LogP contribution in [0.4, 0.5) is 5.82 Å². The van der Waals surface area contributed by atoms with E-state index in [0.29, 0.717) is 11.5 Å². The smallest absolute Gasteiger partial charge is 0.123 e. The predicted octanol–water partition coefficient (Wildman–Crippen LogP) is 6.48. The summed E-state index contributed by atoms with van der Waals surface area (Å²) in [5.41, 5.74) is 9.84. The normalized spacial score (nSPS) is 17.1. The van der Waals surface area contributed by atoms with Crippen molar-refractivity contribution < 1.29 is 4.74 Å². The number of nitrogens with zero attached hydrogens (tertiary/aromatic N) is 1. The summed E-state index contributed by atoms with van der Waals surface area (Å²) < 4.78 is 6.08. The monoisotopic (exact) mass is 514 g/mol. The van der Waals surface area contributed by atoms with Gasteiger partial charge in [-0.3, -0.25) is 5.32 Å². The highest BCUT2D eigenvalue weighted by Gasteiger charge is 2.40. The van der Waals surface area contributed by atoms with Gasteiger partial charge < -0.3 is 15.9 Å². The van der Waals surface area contributed by atoms with E-state index in [1.54, 1.807) is 12.3 Å². The van der Waals surface area contributed by atoms with Gasteiger partial charge in [0.2, 0.25) is 0 Å². The number of rotatable bonds is 9. The molecule has 1 aromatic heterocycles. The number of pyridine rings is 1. The van der Waals surface area contributed by atoms with Crippen molar-refractivity contribution in [3.8, 4) is 0 Å². The number of ether oxygens (including phenoxy) is 1. The number of anilines is 1. The van der Waals surface area contributed by atoms with E-state index < -0.39 is 5.54 Å². The van der Waals surface area contributed by atoms with Crippen LogP contribution in [-0.4, -0.2) is 22.8 Å². The molecule has 3 aromatic carbocycles. The first-order chi connectivity index (χ1) is 19.0. The molecule has 39 heavy (non-hydrogen) atoms. The maximum absolute atomic E-state index is 9.29. The second kappa shape index (κ2) is 11.5. The van der Waals surface area contributed by atoms with Crippen molar-refractivity contribution in [2.45, 2.75) is 31.5 Å². The number of allylic oxidation sites excluding steroid dienone is 1. The molecular formula is C34H34N4O. The Labute approximate surface area is 230 Å². The van der Waals surface area contributed by atoms with Gasteiger partial charge in [0, 0.05) is 29.4 Å². The number of aromatic nitrogens is 1. The Balaban J connectivity index is 1.67. The molecule has 1 aliphatic rings. The summed E-state index contributed by atoms with van der Waals surface area (Å²) in [4.78, 5) is 4.13. The van der Waals surface area contributed by atoms with Crippen LogP contribution in [0.3, 0.4) is 0 Å². The summed E-state index contributed by atoms with van der Waals surface area (Å²) in [5, 5.41) is 13.3. The predicted molar refractivity (Wildman–Crippen MR) is 159 cm³/mol. The largest absolute Gasteiger partial charge is 0.491 e. The summed E-state index contributed by atoms with van der Waals surface area (Å²) >= 11 is 0. The van der Waals surface area contributed by atoms with Gasteiger partial charge in [-0.2, -0.15) is 0 Å². The lowest BCUT2D eigenvalue weighted by Crippen LogP contribution is -2.53. The van der Waals surface area contributed by atoms with Crippen molar-refractivity contribution in [2.24, 2.45) is 5.92 Å². The molecule has 2 atom stereocenters. The Morgan fingerprint density at radius 3 is 1.90 bits per heavy atom. The highest BCUT2D eigenvalue weighted by molar-refractivity contribution is 6.02. The third-order valence-corrected chi connectivity index (χ3v) is 7.00. The number of hydrogen-bond donors (Lipinski definition) is 3. The number of nitrogen functional groups attached to an aromatic ring is 1. The maximum atomic E-state index is 9.29. The van der Waals surface area contributed by atoms with Crippen LogP contribution in [0.2, 0.25) is 0 Å². The zero-order valence-corrected chi connectivity index (χ0v) is 22.3. The van der Waals surface area contributed by atoms with Crippen LogP contribution in [0, 0.1) is 11.3 Å². The highest BCUT2D eigenvalue weighted by Crippen LogP contribution is 2.39. The Kier molecular flexibility index (Phi) is 7.71. The van der Waals surface area contributed by atoms with Gasteiger partial charge in [0.05, 0.1) is 11.6 Å². The molecule has 0 spiro atoms. The molecular weight excluding hydrogens is 480 g/mol. The number of hydrogen-bond acceptors (Lipinski definition) is 5. The Hall–Kier alpha value is -4.48. The minimum absolute atomic E-state index is 0.0221. The highest BCUT2D eigenvalue weighted by atomic mass is 16.5. The summed E-state index contributed by atoms with van der Waals surface area (Å²) in [6.45, 7) is 4.02. The molecule has 0 radical (unpaired) electrons. The summed E-state index contributed by atoms with van der Waals surface area (Å²) in [6.07, 6.45) is 7.84. The van der Waals surface area contributed by atoms with Crippen molar-refractivity contribution in [1.82, 2.24) is 10.3 Å². The Morgan fingerprint density at radius 2 is 1.41 bits per heavy atom. The van der Waals surface area contributed by atoms with Crippen LogP contribution < -0.4 is 11.1 Å². The topological polar surface area (TPSA) is 84.0 Å². The molecule has 5 heteroatoms. The zero-order valence-electron chi connectivity index (χ0n) is 22.3. The van der Waals surface area contributed by atoms with Gasteiger partial charge in [-0.25, -0.2) is 4.98 Å². The van der Waals surface area contributed by atoms with E-state index in [4.69, 9.17) is 10.5 Å². The van der Waals surface area contributed by atoms with E-state index in [-0.39, 0.29) is 18.1 Å². The number of nitrogens with two attached hydrogens (primary N) is 1. The average molecular weight is 515 g/mol. The molecule has 196 valence electrons. The summed E-state index contributed by atoms with van der Waals surface area (Å²) in [6, 6.07) is 34.9. The number of nitrogens with one attached hydrogen (secondary N) is 2. The minimum Gasteiger partial charge on any atom is -0.491 e. The zero-order chi connectivity index (χ0) is 27.2. The first-order valence-electron chi connectivity index (χ1n) is 13.3. The van der Waals surface area contributed by atoms with E-state index >= 15 is 0 Å². The molecule has 0 aliphatic heterocycles. The molecule has 1 aliphatic carbocycles. The lowest BCUT2D eigenvalue weighted by Gasteiger charge is -2.42. The van der Waals surface area contributed by atoms with Crippen molar-refractivity contribution >= 4 is 11.5 Å². The minimum atomic E-state index is -0.682. The molecule has 0 amide bonds. The number of benzene rings is 3. The molecule has 2 unspecified atom stereocenters.